The number of carbonyl (C=O) groups excluding carboxylic acids is 2. The minimum atomic E-state index is 0.00357. The predicted molar refractivity (Wildman–Crippen MR) is 83.7 cm³/mol. The summed E-state index contributed by atoms with van der Waals surface area (Å²) in [6.07, 6.45) is 3.13. The highest BCUT2D eigenvalue weighted by molar-refractivity contribution is 5.78. The van der Waals surface area contributed by atoms with Crippen LogP contribution in [0.25, 0.3) is 0 Å². The normalized spacial score (nSPS) is 17.3. The first kappa shape index (κ1) is 17.7. The number of nitrogens with one attached hydrogen (secondary N) is 1. The van der Waals surface area contributed by atoms with E-state index in [9.17, 15) is 9.59 Å². The van der Waals surface area contributed by atoms with Crippen LogP contribution in [0.3, 0.4) is 0 Å². The van der Waals surface area contributed by atoms with Crippen molar-refractivity contribution in [3.05, 3.63) is 12.7 Å². The number of hydrogen-bond donors (Lipinski definition) is 2. The second-order valence-corrected chi connectivity index (χ2v) is 5.46. The number of amides is 2. The zero-order valence-electron chi connectivity index (χ0n) is 13.0. The molecule has 1 fully saturated rings. The summed E-state index contributed by atoms with van der Waals surface area (Å²) in [6.45, 7) is 9.93. The first-order chi connectivity index (χ1) is 10.1. The van der Waals surface area contributed by atoms with Gasteiger partial charge in [-0.3, -0.25) is 14.5 Å². The van der Waals surface area contributed by atoms with Gasteiger partial charge in [0.05, 0.1) is 6.54 Å². The molecule has 1 unspecified atom stereocenters. The third-order valence-corrected chi connectivity index (χ3v) is 3.91. The van der Waals surface area contributed by atoms with Gasteiger partial charge in [-0.2, -0.15) is 0 Å². The molecule has 1 atom stereocenters. The van der Waals surface area contributed by atoms with Crippen molar-refractivity contribution in [3.63, 3.8) is 0 Å². The molecule has 0 saturated carbocycles. The van der Waals surface area contributed by atoms with Crippen LogP contribution < -0.4 is 11.1 Å². The maximum atomic E-state index is 12.2. The molecule has 6 nitrogen and oxygen atoms in total. The third-order valence-electron chi connectivity index (χ3n) is 3.91. The maximum absolute atomic E-state index is 12.2. The van der Waals surface area contributed by atoms with Crippen molar-refractivity contribution >= 4 is 11.8 Å². The molecule has 0 spiro atoms. The highest BCUT2D eigenvalue weighted by Gasteiger charge is 2.23. The predicted octanol–water partition coefficient (Wildman–Crippen LogP) is -0.192. The van der Waals surface area contributed by atoms with Gasteiger partial charge >= 0.3 is 0 Å². The molecule has 3 N–H and O–H groups in total. The summed E-state index contributed by atoms with van der Waals surface area (Å²) in [7, 11) is 0. The highest BCUT2D eigenvalue weighted by Crippen LogP contribution is 2.11. The Balaban J connectivity index is 2.29. The molecule has 21 heavy (non-hydrogen) atoms. The summed E-state index contributed by atoms with van der Waals surface area (Å²) < 4.78 is 0. The van der Waals surface area contributed by atoms with Crippen LogP contribution in [-0.2, 0) is 9.59 Å². The van der Waals surface area contributed by atoms with Gasteiger partial charge in [-0.15, -0.1) is 6.58 Å². The lowest BCUT2D eigenvalue weighted by Gasteiger charge is -2.34. The van der Waals surface area contributed by atoms with Crippen molar-refractivity contribution in [2.24, 2.45) is 11.7 Å². The molecule has 1 heterocycles. The minimum Gasteiger partial charge on any atom is -0.352 e. The van der Waals surface area contributed by atoms with Gasteiger partial charge in [-0.1, -0.05) is 19.4 Å². The first-order valence-electron chi connectivity index (χ1n) is 7.68. The Morgan fingerprint density at radius 3 is 2.52 bits per heavy atom. The van der Waals surface area contributed by atoms with E-state index in [4.69, 9.17) is 5.73 Å². The minimum absolute atomic E-state index is 0.00357. The third kappa shape index (κ3) is 6.27. The van der Waals surface area contributed by atoms with Crippen LogP contribution in [0.1, 0.15) is 19.8 Å². The molecule has 1 rings (SSSR count). The van der Waals surface area contributed by atoms with Crippen LogP contribution >= 0.6 is 0 Å². The number of nitrogens with zero attached hydrogens (tertiary/aromatic N) is 2. The molecule has 0 aliphatic carbocycles. The van der Waals surface area contributed by atoms with Crippen LogP contribution in [0.2, 0.25) is 0 Å². The molecular weight excluding hydrogens is 268 g/mol. The summed E-state index contributed by atoms with van der Waals surface area (Å²) in [5.74, 6) is 0.465. The Morgan fingerprint density at radius 2 is 2.00 bits per heavy atom. The highest BCUT2D eigenvalue weighted by atomic mass is 16.2. The molecule has 0 aromatic carbocycles. The van der Waals surface area contributed by atoms with Gasteiger partial charge in [0.15, 0.2) is 0 Å². The van der Waals surface area contributed by atoms with Crippen molar-refractivity contribution in [1.29, 1.82) is 0 Å². The quantitative estimate of drug-likeness (QED) is 0.609. The Kier molecular flexibility index (Phi) is 8.00. The lowest BCUT2D eigenvalue weighted by atomic mass is 10.0. The van der Waals surface area contributed by atoms with Crippen LogP contribution in [0, 0.1) is 5.92 Å². The van der Waals surface area contributed by atoms with Crippen molar-refractivity contribution in [3.8, 4) is 0 Å². The summed E-state index contributed by atoms with van der Waals surface area (Å²) in [6, 6.07) is 0. The molecule has 2 amide bonds. The summed E-state index contributed by atoms with van der Waals surface area (Å²) in [5, 5.41) is 2.76. The Bertz CT molecular complexity index is 348. The summed E-state index contributed by atoms with van der Waals surface area (Å²) in [4.78, 5) is 27.7. The lowest BCUT2D eigenvalue weighted by Crippen LogP contribution is -2.51. The van der Waals surface area contributed by atoms with Crippen molar-refractivity contribution < 1.29 is 9.59 Å². The molecule has 0 bridgehead atoms. The van der Waals surface area contributed by atoms with Gasteiger partial charge in [0.2, 0.25) is 11.8 Å². The fourth-order valence-corrected chi connectivity index (χ4v) is 2.37. The van der Waals surface area contributed by atoms with E-state index in [1.807, 2.05) is 4.90 Å². The van der Waals surface area contributed by atoms with E-state index in [1.54, 1.807) is 6.08 Å². The van der Waals surface area contributed by atoms with Crippen molar-refractivity contribution in [2.75, 3.05) is 45.8 Å². The number of hydrogen-bond acceptors (Lipinski definition) is 4. The second kappa shape index (κ2) is 9.52. The van der Waals surface area contributed by atoms with E-state index in [0.29, 0.717) is 39.1 Å². The topological polar surface area (TPSA) is 78.7 Å². The SMILES string of the molecule is C=CCNC(=O)CN1CCN(C(=O)CC(CC)CN)CC1. The molecule has 0 radical (unpaired) electrons. The average molecular weight is 296 g/mol. The molecule has 6 heteroatoms. The van der Waals surface area contributed by atoms with E-state index in [-0.39, 0.29) is 17.7 Å². The lowest BCUT2D eigenvalue weighted by molar-refractivity contribution is -0.134. The van der Waals surface area contributed by atoms with E-state index in [2.05, 4.69) is 23.7 Å². The number of rotatable bonds is 8. The largest absolute Gasteiger partial charge is 0.352 e. The van der Waals surface area contributed by atoms with E-state index in [1.165, 1.54) is 0 Å². The van der Waals surface area contributed by atoms with E-state index >= 15 is 0 Å². The van der Waals surface area contributed by atoms with Crippen LogP contribution in [0.15, 0.2) is 12.7 Å². The smallest absolute Gasteiger partial charge is 0.234 e. The standard InChI is InChI=1S/C15H28N4O2/c1-3-5-17-14(20)12-18-6-8-19(9-7-18)15(21)10-13(4-2)11-16/h3,13H,1,4-12,16H2,2H3,(H,17,20). The zero-order valence-corrected chi connectivity index (χ0v) is 13.0. The van der Waals surface area contributed by atoms with Gasteiger partial charge in [0.25, 0.3) is 0 Å². The number of nitrogens with two attached hydrogens (primary N) is 1. The molecule has 0 aromatic rings. The Hall–Kier alpha value is -1.40. The average Bonchev–Trinajstić information content (AvgIpc) is 2.51. The van der Waals surface area contributed by atoms with Gasteiger partial charge in [-0.25, -0.2) is 0 Å². The van der Waals surface area contributed by atoms with Crippen molar-refractivity contribution in [2.45, 2.75) is 19.8 Å². The number of piperazine rings is 1. The number of carbonyl (C=O) groups is 2. The van der Waals surface area contributed by atoms with Crippen LogP contribution in [0.5, 0.6) is 0 Å². The Labute approximate surface area is 127 Å². The fraction of sp³-hybridized carbons (Fsp3) is 0.733. The molecule has 1 aliphatic rings. The van der Waals surface area contributed by atoms with E-state index < -0.39 is 0 Å². The molecule has 120 valence electrons. The Morgan fingerprint density at radius 1 is 1.33 bits per heavy atom. The van der Waals surface area contributed by atoms with Gasteiger partial charge in [0, 0.05) is 39.1 Å². The van der Waals surface area contributed by atoms with Crippen LogP contribution in [0.4, 0.5) is 0 Å². The zero-order chi connectivity index (χ0) is 15.7. The first-order valence-corrected chi connectivity index (χ1v) is 7.68. The maximum Gasteiger partial charge on any atom is 0.234 e. The summed E-state index contributed by atoms with van der Waals surface area (Å²) >= 11 is 0. The monoisotopic (exact) mass is 296 g/mol. The van der Waals surface area contributed by atoms with Gasteiger partial charge < -0.3 is 16.0 Å². The van der Waals surface area contributed by atoms with Crippen molar-refractivity contribution in [1.82, 2.24) is 15.1 Å². The van der Waals surface area contributed by atoms with E-state index in [0.717, 1.165) is 19.5 Å². The molecule has 1 aliphatic heterocycles. The summed E-state index contributed by atoms with van der Waals surface area (Å²) in [5.41, 5.74) is 5.65. The molecule has 0 aromatic heterocycles. The second-order valence-electron chi connectivity index (χ2n) is 5.46. The van der Waals surface area contributed by atoms with Crippen LogP contribution in [-0.4, -0.2) is 67.4 Å². The van der Waals surface area contributed by atoms with Gasteiger partial charge in [0.1, 0.15) is 0 Å². The molecular formula is C15H28N4O2. The van der Waals surface area contributed by atoms with Gasteiger partial charge in [-0.05, 0) is 12.5 Å². The fourth-order valence-electron chi connectivity index (χ4n) is 2.37. The molecule has 1 saturated heterocycles.